The molecular weight excluding hydrogens is 394 g/mol. The number of anilines is 1. The molecule has 0 saturated heterocycles. The van der Waals surface area contributed by atoms with Gasteiger partial charge in [-0.3, -0.25) is 4.72 Å². The number of methoxy groups -OCH3 is 1. The molecule has 8 nitrogen and oxygen atoms in total. The average Bonchev–Trinajstić information content (AvgIpc) is 2.70. The number of aromatic nitrogens is 3. The largest absolute Gasteiger partial charge is 0.465 e. The summed E-state index contributed by atoms with van der Waals surface area (Å²) in [5.74, 6) is -3.38. The summed E-state index contributed by atoms with van der Waals surface area (Å²) in [7, 11) is -3.30. The first-order chi connectivity index (χ1) is 13.3. The molecule has 0 aliphatic carbocycles. The van der Waals surface area contributed by atoms with Gasteiger partial charge in [0.1, 0.15) is 18.0 Å². The van der Waals surface area contributed by atoms with E-state index in [0.717, 1.165) is 7.11 Å². The van der Waals surface area contributed by atoms with Gasteiger partial charge in [-0.25, -0.2) is 28.5 Å². The lowest BCUT2D eigenvalue weighted by Gasteiger charge is -2.10. The molecule has 11 heteroatoms. The Labute approximate surface area is 158 Å². The van der Waals surface area contributed by atoms with Crippen LogP contribution in [-0.4, -0.2) is 36.4 Å². The molecule has 28 heavy (non-hydrogen) atoms. The molecule has 0 saturated carbocycles. The summed E-state index contributed by atoms with van der Waals surface area (Å²) in [4.78, 5) is 22.9. The maximum absolute atomic E-state index is 14.1. The highest BCUT2D eigenvalue weighted by molar-refractivity contribution is 7.92. The zero-order valence-corrected chi connectivity index (χ0v) is 15.1. The third-order valence-electron chi connectivity index (χ3n) is 3.61. The molecule has 0 radical (unpaired) electrons. The minimum absolute atomic E-state index is 0.412. The highest BCUT2D eigenvalue weighted by Crippen LogP contribution is 2.24. The number of ether oxygens (including phenoxy) is 1. The van der Waals surface area contributed by atoms with Gasteiger partial charge in [-0.1, -0.05) is 0 Å². The van der Waals surface area contributed by atoms with Gasteiger partial charge in [0, 0.05) is 35.8 Å². The summed E-state index contributed by atoms with van der Waals surface area (Å²) >= 11 is 0. The molecule has 0 amide bonds. The van der Waals surface area contributed by atoms with Gasteiger partial charge in [-0.2, -0.15) is 8.42 Å². The first-order valence-corrected chi connectivity index (χ1v) is 9.12. The second kappa shape index (κ2) is 7.64. The molecule has 0 atom stereocenters. The number of esters is 1. The summed E-state index contributed by atoms with van der Waals surface area (Å²) in [6.45, 7) is 0. The first kappa shape index (κ1) is 19.3. The number of carbonyl (C=O) groups excluding carboxylic acids is 1. The van der Waals surface area contributed by atoms with E-state index in [2.05, 4.69) is 19.7 Å². The van der Waals surface area contributed by atoms with Crippen molar-refractivity contribution in [1.82, 2.24) is 15.0 Å². The minimum Gasteiger partial charge on any atom is -0.465 e. The number of rotatable bonds is 5. The van der Waals surface area contributed by atoms with Crippen LogP contribution in [0.5, 0.6) is 0 Å². The number of benzene rings is 1. The molecule has 0 bridgehead atoms. The topological polar surface area (TPSA) is 111 Å². The van der Waals surface area contributed by atoms with Crippen molar-refractivity contribution >= 4 is 21.7 Å². The Bertz CT molecular complexity index is 1120. The van der Waals surface area contributed by atoms with Crippen molar-refractivity contribution in [3.63, 3.8) is 0 Å². The summed E-state index contributed by atoms with van der Waals surface area (Å²) in [6.07, 6.45) is 5.68. The second-order valence-electron chi connectivity index (χ2n) is 5.42. The molecule has 144 valence electrons. The Morgan fingerprint density at radius 1 is 1.04 bits per heavy atom. The van der Waals surface area contributed by atoms with E-state index in [9.17, 15) is 22.0 Å². The van der Waals surface area contributed by atoms with Gasteiger partial charge in [0.2, 0.25) is 0 Å². The molecule has 0 aliphatic heterocycles. The van der Waals surface area contributed by atoms with Crippen LogP contribution in [0.4, 0.5) is 14.5 Å². The number of pyridine rings is 1. The summed E-state index contributed by atoms with van der Waals surface area (Å²) in [6, 6.07) is 3.76. The quantitative estimate of drug-likeness (QED) is 0.648. The number of sulfonamides is 1. The van der Waals surface area contributed by atoms with Crippen molar-refractivity contribution < 1.29 is 26.7 Å². The molecule has 0 unspecified atom stereocenters. The lowest BCUT2D eigenvalue weighted by molar-refractivity contribution is 0.0595. The lowest BCUT2D eigenvalue weighted by Crippen LogP contribution is -2.16. The van der Waals surface area contributed by atoms with Crippen LogP contribution in [0.1, 0.15) is 10.4 Å². The zero-order valence-electron chi connectivity index (χ0n) is 14.3. The SMILES string of the molecule is COC(=O)c1cc(F)c(NS(=O)(=O)c2ccc(-c3cncnc3)cn2)cc1F. The maximum atomic E-state index is 14.1. The predicted molar refractivity (Wildman–Crippen MR) is 93.8 cm³/mol. The highest BCUT2D eigenvalue weighted by atomic mass is 32.2. The fourth-order valence-electron chi connectivity index (χ4n) is 2.25. The molecule has 2 heterocycles. The van der Waals surface area contributed by atoms with Crippen LogP contribution in [0.25, 0.3) is 11.1 Å². The minimum atomic E-state index is -4.31. The molecule has 2 aromatic heterocycles. The van der Waals surface area contributed by atoms with Gasteiger partial charge in [0.05, 0.1) is 18.4 Å². The van der Waals surface area contributed by atoms with Crippen molar-refractivity contribution in [2.24, 2.45) is 0 Å². The molecule has 0 aliphatic rings. The number of carbonyl (C=O) groups is 1. The van der Waals surface area contributed by atoms with Gasteiger partial charge in [0.15, 0.2) is 5.03 Å². The zero-order chi connectivity index (χ0) is 20.3. The summed E-state index contributed by atoms with van der Waals surface area (Å²) < 4.78 is 59.1. The monoisotopic (exact) mass is 406 g/mol. The normalized spacial score (nSPS) is 11.1. The third-order valence-corrected chi connectivity index (χ3v) is 4.89. The molecular formula is C17H12F2N4O4S. The van der Waals surface area contributed by atoms with Crippen molar-refractivity contribution in [2.75, 3.05) is 11.8 Å². The van der Waals surface area contributed by atoms with Crippen LogP contribution in [0.2, 0.25) is 0 Å². The third kappa shape index (κ3) is 3.93. The van der Waals surface area contributed by atoms with Gasteiger partial charge in [0.25, 0.3) is 10.0 Å². The van der Waals surface area contributed by atoms with Gasteiger partial charge in [-0.15, -0.1) is 0 Å². The number of nitrogens with one attached hydrogen (secondary N) is 1. The molecule has 1 N–H and O–H groups in total. The number of halogens is 2. The maximum Gasteiger partial charge on any atom is 0.340 e. The number of nitrogens with zero attached hydrogens (tertiary/aromatic N) is 3. The van der Waals surface area contributed by atoms with E-state index in [1.54, 1.807) is 0 Å². The van der Waals surface area contributed by atoms with Crippen molar-refractivity contribution in [2.45, 2.75) is 5.03 Å². The lowest BCUT2D eigenvalue weighted by atomic mass is 10.2. The summed E-state index contributed by atoms with van der Waals surface area (Å²) in [5.41, 5.74) is -0.138. The van der Waals surface area contributed by atoms with Crippen LogP contribution in [0.3, 0.4) is 0 Å². The van der Waals surface area contributed by atoms with Crippen molar-refractivity contribution in [1.29, 1.82) is 0 Å². The molecule has 0 fully saturated rings. The van der Waals surface area contributed by atoms with E-state index in [4.69, 9.17) is 0 Å². The van der Waals surface area contributed by atoms with E-state index in [1.807, 2.05) is 4.72 Å². The van der Waals surface area contributed by atoms with E-state index < -0.39 is 43.9 Å². The number of hydrogen-bond acceptors (Lipinski definition) is 7. The fraction of sp³-hybridized carbons (Fsp3) is 0.0588. The first-order valence-electron chi connectivity index (χ1n) is 7.63. The number of hydrogen-bond donors (Lipinski definition) is 1. The predicted octanol–water partition coefficient (Wildman–Crippen LogP) is 2.40. The van der Waals surface area contributed by atoms with Gasteiger partial charge >= 0.3 is 5.97 Å². The van der Waals surface area contributed by atoms with Crippen molar-refractivity contribution in [3.8, 4) is 11.1 Å². The van der Waals surface area contributed by atoms with Gasteiger partial charge in [-0.05, 0) is 18.2 Å². The van der Waals surface area contributed by atoms with E-state index >= 15 is 0 Å². The van der Waals surface area contributed by atoms with Gasteiger partial charge < -0.3 is 4.74 Å². The Morgan fingerprint density at radius 2 is 1.75 bits per heavy atom. The second-order valence-corrected chi connectivity index (χ2v) is 7.05. The van der Waals surface area contributed by atoms with Crippen LogP contribution in [-0.2, 0) is 14.8 Å². The average molecular weight is 406 g/mol. The van der Waals surface area contributed by atoms with Crippen LogP contribution in [0.15, 0.2) is 54.2 Å². The standard InChI is InChI=1S/C17H12F2N4O4S/c1-27-17(24)12-4-14(19)15(5-13(12)18)23-28(25,26)16-3-2-10(8-22-16)11-6-20-9-21-7-11/h2-9,23H,1H3. The van der Waals surface area contributed by atoms with E-state index in [0.29, 0.717) is 23.3 Å². The van der Waals surface area contributed by atoms with E-state index in [-0.39, 0.29) is 0 Å². The van der Waals surface area contributed by atoms with Crippen LogP contribution < -0.4 is 4.72 Å². The smallest absolute Gasteiger partial charge is 0.340 e. The Kier molecular flexibility index (Phi) is 5.27. The Balaban J connectivity index is 1.88. The van der Waals surface area contributed by atoms with Crippen LogP contribution in [0, 0.1) is 11.6 Å². The molecule has 3 aromatic rings. The van der Waals surface area contributed by atoms with E-state index in [1.165, 1.54) is 37.1 Å². The highest BCUT2D eigenvalue weighted by Gasteiger charge is 2.22. The Hall–Kier alpha value is -3.47. The fourth-order valence-corrected chi connectivity index (χ4v) is 3.24. The molecule has 1 aromatic carbocycles. The summed E-state index contributed by atoms with van der Waals surface area (Å²) in [5, 5.41) is -0.412. The molecule has 0 spiro atoms. The Morgan fingerprint density at radius 3 is 2.36 bits per heavy atom. The van der Waals surface area contributed by atoms with Crippen LogP contribution >= 0.6 is 0 Å². The molecule has 3 rings (SSSR count). The van der Waals surface area contributed by atoms with Crippen molar-refractivity contribution in [3.05, 3.63) is 66.4 Å².